The quantitative estimate of drug-likeness (QED) is 0.583. The number of benzene rings is 1. The first-order chi connectivity index (χ1) is 11.3. The largest absolute Gasteiger partial charge is 0.347 e. The third-order valence-electron chi connectivity index (χ3n) is 3.59. The van der Waals surface area contributed by atoms with E-state index in [-0.39, 0.29) is 5.25 Å². The van der Waals surface area contributed by atoms with Crippen LogP contribution >= 0.6 is 11.8 Å². The molecule has 4 rings (SSSR count). The van der Waals surface area contributed by atoms with Crippen LogP contribution < -0.4 is 0 Å². The molecule has 1 aromatic carbocycles. The summed E-state index contributed by atoms with van der Waals surface area (Å²) < 4.78 is 1.79. The van der Waals surface area contributed by atoms with Gasteiger partial charge >= 0.3 is 0 Å². The summed E-state index contributed by atoms with van der Waals surface area (Å²) in [4.78, 5) is 12.2. The Hall–Kier alpha value is -2.60. The number of nitrogens with one attached hydrogen (secondary N) is 1. The molecule has 1 N–H and O–H groups in total. The normalized spacial score (nSPS) is 12.6. The highest BCUT2D eigenvalue weighted by molar-refractivity contribution is 7.99. The third-order valence-corrected chi connectivity index (χ3v) is 4.71. The Morgan fingerprint density at radius 1 is 1.13 bits per heavy atom. The zero-order valence-electron chi connectivity index (χ0n) is 12.5. The molecule has 4 aromatic rings. The van der Waals surface area contributed by atoms with Crippen LogP contribution in [0, 0.1) is 6.92 Å². The summed E-state index contributed by atoms with van der Waals surface area (Å²) in [5, 5.41) is 5.30. The molecule has 0 saturated heterocycles. The van der Waals surface area contributed by atoms with E-state index in [4.69, 9.17) is 0 Å². The average molecular weight is 321 g/mol. The van der Waals surface area contributed by atoms with E-state index >= 15 is 0 Å². The minimum atomic E-state index is 0.0306. The van der Waals surface area contributed by atoms with Crippen molar-refractivity contribution in [1.29, 1.82) is 0 Å². The number of hydrogen-bond acceptors (Lipinski definition) is 4. The van der Waals surface area contributed by atoms with Crippen molar-refractivity contribution in [3.63, 3.8) is 0 Å². The van der Waals surface area contributed by atoms with E-state index in [1.807, 2.05) is 30.6 Å². The monoisotopic (exact) mass is 321 g/mol. The molecule has 5 nitrogen and oxygen atoms in total. The van der Waals surface area contributed by atoms with E-state index in [1.165, 1.54) is 11.1 Å². The van der Waals surface area contributed by atoms with Crippen molar-refractivity contribution >= 4 is 17.4 Å². The van der Waals surface area contributed by atoms with Crippen LogP contribution in [-0.2, 0) is 0 Å². The van der Waals surface area contributed by atoms with Crippen molar-refractivity contribution in [2.75, 3.05) is 0 Å². The zero-order chi connectivity index (χ0) is 15.6. The number of thioether (sulfide) groups is 1. The van der Waals surface area contributed by atoms with Gasteiger partial charge in [0, 0.05) is 18.6 Å². The second-order valence-electron chi connectivity index (χ2n) is 5.28. The van der Waals surface area contributed by atoms with Crippen molar-refractivity contribution in [2.45, 2.75) is 17.3 Å². The van der Waals surface area contributed by atoms with E-state index < -0.39 is 0 Å². The Kier molecular flexibility index (Phi) is 3.59. The van der Waals surface area contributed by atoms with Gasteiger partial charge in [-0.3, -0.25) is 0 Å². The van der Waals surface area contributed by atoms with Crippen LogP contribution in [0.4, 0.5) is 0 Å². The number of rotatable bonds is 4. The Morgan fingerprint density at radius 2 is 2.00 bits per heavy atom. The van der Waals surface area contributed by atoms with Gasteiger partial charge in [0.2, 0.25) is 5.16 Å². The molecule has 114 valence electrons. The second-order valence-corrected chi connectivity index (χ2v) is 6.35. The van der Waals surface area contributed by atoms with Crippen LogP contribution in [0.3, 0.4) is 0 Å². The number of imidazole rings is 1. The molecule has 0 aliphatic heterocycles. The first-order valence-electron chi connectivity index (χ1n) is 7.33. The van der Waals surface area contributed by atoms with Gasteiger partial charge in [0.1, 0.15) is 5.82 Å². The smallest absolute Gasteiger partial charge is 0.210 e. The fraction of sp³-hybridized carbons (Fsp3) is 0.118. The van der Waals surface area contributed by atoms with Gasteiger partial charge in [0.25, 0.3) is 0 Å². The summed E-state index contributed by atoms with van der Waals surface area (Å²) in [5.41, 5.74) is 3.26. The number of pyridine rings is 1. The van der Waals surface area contributed by atoms with Gasteiger partial charge in [-0.25, -0.2) is 14.5 Å². The fourth-order valence-corrected chi connectivity index (χ4v) is 3.44. The molecule has 6 heteroatoms. The van der Waals surface area contributed by atoms with Crippen LogP contribution in [0.25, 0.3) is 5.65 Å². The van der Waals surface area contributed by atoms with Crippen LogP contribution in [0.5, 0.6) is 0 Å². The second kappa shape index (κ2) is 5.89. The lowest BCUT2D eigenvalue weighted by Gasteiger charge is -2.13. The van der Waals surface area contributed by atoms with Crippen LogP contribution in [0.1, 0.15) is 22.2 Å². The maximum absolute atomic E-state index is 4.58. The van der Waals surface area contributed by atoms with Crippen LogP contribution in [0.2, 0.25) is 0 Å². The number of aryl methyl sites for hydroxylation is 1. The molecule has 0 bridgehead atoms. The molecule has 0 saturated carbocycles. The van der Waals surface area contributed by atoms with E-state index in [2.05, 4.69) is 51.2 Å². The Morgan fingerprint density at radius 3 is 2.74 bits per heavy atom. The Bertz CT molecular complexity index is 879. The Labute approximate surface area is 137 Å². The van der Waals surface area contributed by atoms with Crippen molar-refractivity contribution < 1.29 is 0 Å². The highest BCUT2D eigenvalue weighted by Crippen LogP contribution is 2.37. The van der Waals surface area contributed by atoms with Gasteiger partial charge in [0.15, 0.2) is 5.65 Å². The maximum atomic E-state index is 4.58. The van der Waals surface area contributed by atoms with Gasteiger partial charge in [-0.1, -0.05) is 47.7 Å². The summed E-state index contributed by atoms with van der Waals surface area (Å²) in [5.74, 6) is 0.901. The SMILES string of the molecule is Cc1ccc(C(Sc2nc3ccccn3n2)c2ncc[nH]2)cc1. The minimum Gasteiger partial charge on any atom is -0.347 e. The molecule has 1 unspecified atom stereocenters. The molecule has 0 fully saturated rings. The van der Waals surface area contributed by atoms with Crippen molar-refractivity contribution in [1.82, 2.24) is 24.6 Å². The molecule has 0 amide bonds. The fourth-order valence-electron chi connectivity index (χ4n) is 2.41. The highest BCUT2D eigenvalue weighted by Gasteiger charge is 2.20. The standard InChI is InChI=1S/C17H15N5S/c1-12-5-7-13(8-6-12)15(16-18-9-10-19-16)23-17-20-14-4-2-3-11-22(14)21-17/h2-11,15H,1H3,(H,18,19). The molecule has 0 radical (unpaired) electrons. The molecule has 23 heavy (non-hydrogen) atoms. The van der Waals surface area contributed by atoms with Crippen LogP contribution in [0.15, 0.2) is 66.2 Å². The van der Waals surface area contributed by atoms with E-state index in [1.54, 1.807) is 22.5 Å². The zero-order valence-corrected chi connectivity index (χ0v) is 13.4. The minimum absolute atomic E-state index is 0.0306. The molecule has 0 spiro atoms. The highest BCUT2D eigenvalue weighted by atomic mass is 32.2. The predicted molar refractivity (Wildman–Crippen MR) is 90.5 cm³/mol. The first-order valence-corrected chi connectivity index (χ1v) is 8.21. The lowest BCUT2D eigenvalue weighted by Crippen LogP contribution is -2.00. The van der Waals surface area contributed by atoms with Gasteiger partial charge in [-0.2, -0.15) is 0 Å². The van der Waals surface area contributed by atoms with Gasteiger partial charge < -0.3 is 4.98 Å². The number of aromatic amines is 1. The molecule has 1 atom stereocenters. The molecule has 3 aromatic heterocycles. The molecular formula is C17H15N5S. The van der Waals surface area contributed by atoms with Crippen molar-refractivity contribution in [3.05, 3.63) is 78.0 Å². The summed E-state index contributed by atoms with van der Waals surface area (Å²) >= 11 is 1.59. The predicted octanol–water partition coefficient (Wildman–Crippen LogP) is 3.64. The third kappa shape index (κ3) is 2.85. The lowest BCUT2D eigenvalue weighted by atomic mass is 10.1. The molecular weight excluding hydrogens is 306 g/mol. The summed E-state index contributed by atoms with van der Waals surface area (Å²) in [7, 11) is 0. The number of fused-ring (bicyclic) bond motifs is 1. The number of hydrogen-bond donors (Lipinski definition) is 1. The van der Waals surface area contributed by atoms with Gasteiger partial charge in [-0.05, 0) is 24.6 Å². The summed E-state index contributed by atoms with van der Waals surface area (Å²) in [6.45, 7) is 2.09. The lowest BCUT2D eigenvalue weighted by molar-refractivity contribution is 0.880. The number of nitrogens with zero attached hydrogens (tertiary/aromatic N) is 4. The average Bonchev–Trinajstić information content (AvgIpc) is 3.22. The number of aromatic nitrogens is 5. The number of H-pyrrole nitrogens is 1. The van der Waals surface area contributed by atoms with E-state index in [9.17, 15) is 0 Å². The summed E-state index contributed by atoms with van der Waals surface area (Å²) in [6, 6.07) is 14.3. The summed E-state index contributed by atoms with van der Waals surface area (Å²) in [6.07, 6.45) is 5.52. The van der Waals surface area contributed by atoms with Gasteiger partial charge in [-0.15, -0.1) is 5.10 Å². The van der Waals surface area contributed by atoms with E-state index in [0.29, 0.717) is 0 Å². The topological polar surface area (TPSA) is 58.9 Å². The maximum Gasteiger partial charge on any atom is 0.210 e. The van der Waals surface area contributed by atoms with Crippen LogP contribution in [-0.4, -0.2) is 24.6 Å². The van der Waals surface area contributed by atoms with Crippen molar-refractivity contribution in [3.8, 4) is 0 Å². The molecule has 0 aliphatic carbocycles. The van der Waals surface area contributed by atoms with E-state index in [0.717, 1.165) is 16.6 Å². The van der Waals surface area contributed by atoms with Gasteiger partial charge in [0.05, 0.1) is 5.25 Å². The molecule has 3 heterocycles. The van der Waals surface area contributed by atoms with Crippen molar-refractivity contribution in [2.24, 2.45) is 0 Å². The Balaban J connectivity index is 1.72. The molecule has 0 aliphatic rings. The first kappa shape index (κ1) is 14.0.